The third-order valence-corrected chi connectivity index (χ3v) is 6.94. The maximum atomic E-state index is 13.5. The van der Waals surface area contributed by atoms with Gasteiger partial charge < -0.3 is 11.1 Å². The number of nitrogens with two attached hydrogens (primary N) is 1. The normalized spacial score (nSPS) is 13.9. The standard InChI is InChI=1S/C30H32N6O3/c1-20(37)22-11-15-26(16-12-22)33-30(39)36(27-17-13-24(14-18-27)23-5-3-2-4-6-23)19-21-7-9-25(10-8-21)28(38)34-29(31)35-32/h7-18,23,32H,2-6,19H2,1H3,(H,33,39)(H2,31,34,38). The van der Waals surface area contributed by atoms with E-state index < -0.39 is 11.9 Å². The first-order valence-electron chi connectivity index (χ1n) is 13.0. The van der Waals surface area contributed by atoms with Crippen molar-refractivity contribution in [2.75, 3.05) is 10.2 Å². The zero-order valence-corrected chi connectivity index (χ0v) is 21.9. The first-order valence-corrected chi connectivity index (χ1v) is 13.0. The number of nitrogens with one attached hydrogen (secondary N) is 2. The van der Waals surface area contributed by atoms with Crippen LogP contribution in [-0.4, -0.2) is 23.7 Å². The predicted molar refractivity (Wildman–Crippen MR) is 151 cm³/mol. The molecule has 3 aromatic rings. The van der Waals surface area contributed by atoms with Crippen LogP contribution < -0.4 is 16.0 Å². The van der Waals surface area contributed by atoms with Crippen molar-refractivity contribution in [3.05, 3.63) is 95.1 Å². The molecule has 0 bridgehead atoms. The van der Waals surface area contributed by atoms with Crippen LogP contribution in [0.2, 0.25) is 0 Å². The Kier molecular flexibility index (Phi) is 8.94. The van der Waals surface area contributed by atoms with Gasteiger partial charge in [0.05, 0.1) is 6.54 Å². The summed E-state index contributed by atoms with van der Waals surface area (Å²) in [5.41, 5.74) is 16.5. The highest BCUT2D eigenvalue weighted by Gasteiger charge is 2.20. The molecule has 0 unspecified atom stereocenters. The fourth-order valence-corrected chi connectivity index (χ4v) is 4.75. The Labute approximate surface area is 227 Å². The molecule has 0 heterocycles. The third-order valence-electron chi connectivity index (χ3n) is 6.94. The molecule has 1 aliphatic carbocycles. The second-order valence-electron chi connectivity index (χ2n) is 9.66. The number of carbonyl (C=O) groups excluding carboxylic acids is 3. The van der Waals surface area contributed by atoms with Crippen LogP contribution in [0.25, 0.3) is 0 Å². The molecule has 0 aliphatic heterocycles. The Bertz CT molecular complexity index is 1360. The first-order chi connectivity index (χ1) is 18.8. The van der Waals surface area contributed by atoms with Gasteiger partial charge in [-0.1, -0.05) is 43.5 Å². The van der Waals surface area contributed by atoms with Crippen LogP contribution in [-0.2, 0) is 6.54 Å². The van der Waals surface area contributed by atoms with Crippen molar-refractivity contribution in [3.8, 4) is 0 Å². The molecule has 1 saturated carbocycles. The lowest BCUT2D eigenvalue weighted by Gasteiger charge is -2.26. The van der Waals surface area contributed by atoms with E-state index in [1.807, 2.05) is 12.1 Å². The second-order valence-corrected chi connectivity index (χ2v) is 9.66. The lowest BCUT2D eigenvalue weighted by atomic mass is 9.84. The van der Waals surface area contributed by atoms with Crippen LogP contribution in [0.4, 0.5) is 16.2 Å². The fraction of sp³-hybridized carbons (Fsp3) is 0.267. The van der Waals surface area contributed by atoms with E-state index >= 15 is 0 Å². The zero-order chi connectivity index (χ0) is 27.8. The fourth-order valence-electron chi connectivity index (χ4n) is 4.75. The summed E-state index contributed by atoms with van der Waals surface area (Å²) < 4.78 is 0. The number of hydrogen-bond acceptors (Lipinski definition) is 4. The molecule has 0 aromatic heterocycles. The number of benzene rings is 3. The Morgan fingerprint density at radius 3 is 2.10 bits per heavy atom. The van der Waals surface area contributed by atoms with E-state index in [0.717, 1.165) is 11.3 Å². The maximum absolute atomic E-state index is 13.5. The van der Waals surface area contributed by atoms with Gasteiger partial charge in [0.2, 0.25) is 5.96 Å². The van der Waals surface area contributed by atoms with Crippen molar-refractivity contribution in [2.45, 2.75) is 51.5 Å². The van der Waals surface area contributed by atoms with Crippen molar-refractivity contribution < 1.29 is 14.4 Å². The van der Waals surface area contributed by atoms with Crippen molar-refractivity contribution in [2.24, 2.45) is 15.8 Å². The van der Waals surface area contributed by atoms with Gasteiger partial charge in [-0.3, -0.25) is 14.5 Å². The van der Waals surface area contributed by atoms with Crippen LogP contribution in [0.15, 0.2) is 82.9 Å². The van der Waals surface area contributed by atoms with E-state index in [-0.39, 0.29) is 18.4 Å². The van der Waals surface area contributed by atoms with Gasteiger partial charge in [0.1, 0.15) is 0 Å². The molecular weight excluding hydrogens is 492 g/mol. The van der Waals surface area contributed by atoms with Crippen molar-refractivity contribution in [1.29, 1.82) is 5.53 Å². The lowest BCUT2D eigenvalue weighted by molar-refractivity contribution is 0.0998. The summed E-state index contributed by atoms with van der Waals surface area (Å²) in [4.78, 5) is 42.5. The highest BCUT2D eigenvalue weighted by atomic mass is 16.2. The summed E-state index contributed by atoms with van der Waals surface area (Å²) in [5.74, 6) is -0.506. The summed E-state index contributed by atoms with van der Waals surface area (Å²) in [6.45, 7) is 1.75. The highest BCUT2D eigenvalue weighted by Crippen LogP contribution is 2.33. The summed E-state index contributed by atoms with van der Waals surface area (Å²) >= 11 is 0. The number of Topliss-reactive ketones (excluding diaryl/α,β-unsaturated/α-hetero) is 1. The summed E-state index contributed by atoms with van der Waals surface area (Å²) in [6, 6.07) is 21.3. The Balaban J connectivity index is 1.56. The van der Waals surface area contributed by atoms with Gasteiger partial charge in [0.25, 0.3) is 5.91 Å². The summed E-state index contributed by atoms with van der Waals surface area (Å²) in [7, 11) is 0. The summed E-state index contributed by atoms with van der Waals surface area (Å²) in [5, 5.41) is 5.86. The molecule has 3 aromatic carbocycles. The predicted octanol–water partition coefficient (Wildman–Crippen LogP) is 6.66. The minimum absolute atomic E-state index is 0.0445. The molecule has 1 aliphatic rings. The zero-order valence-electron chi connectivity index (χ0n) is 21.9. The maximum Gasteiger partial charge on any atom is 0.326 e. The third kappa shape index (κ3) is 7.22. The number of anilines is 2. The van der Waals surface area contributed by atoms with Gasteiger partial charge >= 0.3 is 6.03 Å². The van der Waals surface area contributed by atoms with Crippen molar-refractivity contribution in [1.82, 2.24) is 0 Å². The van der Waals surface area contributed by atoms with Gasteiger partial charge in [0.15, 0.2) is 5.78 Å². The van der Waals surface area contributed by atoms with E-state index in [1.165, 1.54) is 44.6 Å². The molecule has 4 N–H and O–H groups in total. The number of amides is 3. The number of hydrogen-bond donors (Lipinski definition) is 3. The van der Waals surface area contributed by atoms with E-state index in [0.29, 0.717) is 22.7 Å². The quantitative estimate of drug-likeness (QED) is 0.137. The number of urea groups is 1. The average molecular weight is 525 g/mol. The van der Waals surface area contributed by atoms with Gasteiger partial charge in [0, 0.05) is 22.5 Å². The van der Waals surface area contributed by atoms with Gasteiger partial charge in [-0.25, -0.2) is 10.3 Å². The van der Waals surface area contributed by atoms with Crippen LogP contribution in [0, 0.1) is 5.53 Å². The van der Waals surface area contributed by atoms with E-state index in [2.05, 4.69) is 27.6 Å². The van der Waals surface area contributed by atoms with Crippen LogP contribution in [0.1, 0.15) is 76.8 Å². The minimum Gasteiger partial charge on any atom is -0.366 e. The Hall–Kier alpha value is -4.66. The minimum atomic E-state index is -0.600. The van der Waals surface area contributed by atoms with Crippen LogP contribution >= 0.6 is 0 Å². The number of ketones is 1. The number of nitrogens with zero attached hydrogens (tertiary/aromatic N) is 3. The molecule has 4 rings (SSSR count). The molecule has 39 heavy (non-hydrogen) atoms. The Morgan fingerprint density at radius 1 is 0.897 bits per heavy atom. The van der Waals surface area contributed by atoms with E-state index in [1.54, 1.807) is 53.4 Å². The molecule has 9 nitrogen and oxygen atoms in total. The smallest absolute Gasteiger partial charge is 0.326 e. The number of aliphatic imine (C=N–C) groups is 1. The van der Waals surface area contributed by atoms with Gasteiger partial charge in [-0.15, -0.1) is 5.11 Å². The lowest BCUT2D eigenvalue weighted by Crippen LogP contribution is -2.34. The molecule has 0 saturated heterocycles. The number of rotatable bonds is 7. The summed E-state index contributed by atoms with van der Waals surface area (Å²) in [6.07, 6.45) is 6.17. The second kappa shape index (κ2) is 12.7. The average Bonchev–Trinajstić information content (AvgIpc) is 2.97. The van der Waals surface area contributed by atoms with Crippen LogP contribution in [0.3, 0.4) is 0 Å². The molecule has 0 spiro atoms. The highest BCUT2D eigenvalue weighted by molar-refractivity contribution is 6.03. The van der Waals surface area contributed by atoms with Crippen molar-refractivity contribution in [3.63, 3.8) is 0 Å². The largest absolute Gasteiger partial charge is 0.366 e. The molecule has 0 atom stereocenters. The number of guanidine groups is 1. The van der Waals surface area contributed by atoms with E-state index in [4.69, 9.17) is 11.3 Å². The molecule has 200 valence electrons. The molecule has 9 heteroatoms. The SMILES string of the molecule is CC(=O)c1ccc(NC(=O)N(Cc2ccc(C(=O)N=C(N)N=N)cc2)c2ccc(C3CCCCC3)cc2)cc1. The number of carbonyl (C=O) groups is 3. The topological polar surface area (TPSA) is 141 Å². The van der Waals surface area contributed by atoms with Crippen LogP contribution in [0.5, 0.6) is 0 Å². The first kappa shape index (κ1) is 27.4. The van der Waals surface area contributed by atoms with Gasteiger partial charge in [-0.05, 0) is 85.3 Å². The van der Waals surface area contributed by atoms with Gasteiger partial charge in [-0.2, -0.15) is 4.99 Å². The Morgan fingerprint density at radius 2 is 1.51 bits per heavy atom. The molecular formula is C30H32N6O3. The van der Waals surface area contributed by atoms with E-state index in [9.17, 15) is 14.4 Å². The molecule has 3 amide bonds. The monoisotopic (exact) mass is 524 g/mol. The molecule has 0 radical (unpaired) electrons. The van der Waals surface area contributed by atoms with Crippen molar-refractivity contribution >= 4 is 35.1 Å². The molecule has 1 fully saturated rings.